The van der Waals surface area contributed by atoms with E-state index in [2.05, 4.69) is 29.7 Å². The molecule has 4 nitrogen and oxygen atoms in total. The van der Waals surface area contributed by atoms with Gasteiger partial charge < -0.3 is 4.43 Å². The van der Waals surface area contributed by atoms with Crippen LogP contribution in [0.25, 0.3) is 0 Å². The van der Waals surface area contributed by atoms with Crippen LogP contribution in [0.1, 0.15) is 11.3 Å². The van der Waals surface area contributed by atoms with Gasteiger partial charge in [0.05, 0.1) is 6.20 Å². The molecule has 0 N–H and O–H groups in total. The van der Waals surface area contributed by atoms with Gasteiger partial charge in [0.25, 0.3) is 0 Å². The standard InChI is InChI=1S/C15H21N3OSi/c1-12-13(11-17-18(12)2)10-16-14-8-6-7-9-15(14)19-20(3,4)5/h6-11H,1-5H3. The minimum Gasteiger partial charge on any atom is -0.543 e. The summed E-state index contributed by atoms with van der Waals surface area (Å²) in [6.07, 6.45) is 3.66. The summed E-state index contributed by atoms with van der Waals surface area (Å²) in [7, 11) is 0.291. The lowest BCUT2D eigenvalue weighted by Gasteiger charge is -2.20. The molecule has 0 aliphatic heterocycles. The minimum atomic E-state index is -1.63. The second-order valence-electron chi connectivity index (χ2n) is 5.75. The first-order valence-corrected chi connectivity index (χ1v) is 10.1. The summed E-state index contributed by atoms with van der Waals surface area (Å²) in [5, 5.41) is 4.21. The van der Waals surface area contributed by atoms with Crippen molar-refractivity contribution in [1.29, 1.82) is 0 Å². The van der Waals surface area contributed by atoms with Crippen LogP contribution >= 0.6 is 0 Å². The predicted molar refractivity (Wildman–Crippen MR) is 85.6 cm³/mol. The van der Waals surface area contributed by atoms with Gasteiger partial charge in [0, 0.05) is 24.5 Å². The molecule has 0 radical (unpaired) electrons. The van der Waals surface area contributed by atoms with Gasteiger partial charge in [-0.1, -0.05) is 12.1 Å². The van der Waals surface area contributed by atoms with Gasteiger partial charge in [0.2, 0.25) is 8.32 Å². The molecule has 0 unspecified atom stereocenters. The van der Waals surface area contributed by atoms with Crippen molar-refractivity contribution in [3.63, 3.8) is 0 Å². The van der Waals surface area contributed by atoms with Crippen LogP contribution in [0.4, 0.5) is 5.69 Å². The van der Waals surface area contributed by atoms with Crippen LogP contribution in [-0.4, -0.2) is 24.3 Å². The number of para-hydroxylation sites is 2. The molecule has 0 aliphatic carbocycles. The molecular formula is C15H21N3OSi. The smallest absolute Gasteiger partial charge is 0.242 e. The minimum absolute atomic E-state index is 0.851. The molecule has 106 valence electrons. The third-order valence-corrected chi connectivity index (χ3v) is 3.73. The van der Waals surface area contributed by atoms with Crippen LogP contribution in [0.15, 0.2) is 35.5 Å². The first-order valence-electron chi connectivity index (χ1n) is 6.67. The van der Waals surface area contributed by atoms with E-state index >= 15 is 0 Å². The van der Waals surface area contributed by atoms with Gasteiger partial charge >= 0.3 is 0 Å². The first kappa shape index (κ1) is 14.5. The Balaban J connectivity index is 2.27. The van der Waals surface area contributed by atoms with Crippen molar-refractivity contribution in [2.45, 2.75) is 26.6 Å². The SMILES string of the molecule is Cc1c(C=Nc2ccccc2O[Si](C)(C)C)cnn1C. The molecule has 0 bridgehead atoms. The third kappa shape index (κ3) is 3.57. The third-order valence-electron chi connectivity index (χ3n) is 2.90. The van der Waals surface area contributed by atoms with Crippen LogP contribution in [-0.2, 0) is 7.05 Å². The van der Waals surface area contributed by atoms with E-state index in [1.165, 1.54) is 0 Å². The average Bonchev–Trinajstić information content (AvgIpc) is 2.67. The van der Waals surface area contributed by atoms with Gasteiger partial charge in [-0.15, -0.1) is 0 Å². The fourth-order valence-electron chi connectivity index (χ4n) is 1.76. The highest BCUT2D eigenvalue weighted by Crippen LogP contribution is 2.29. The maximum absolute atomic E-state index is 6.06. The maximum atomic E-state index is 6.06. The molecule has 0 spiro atoms. The number of benzene rings is 1. The second kappa shape index (κ2) is 5.62. The summed E-state index contributed by atoms with van der Waals surface area (Å²) in [4.78, 5) is 4.55. The van der Waals surface area contributed by atoms with E-state index in [1.807, 2.05) is 55.3 Å². The molecular weight excluding hydrogens is 266 g/mol. The highest BCUT2D eigenvalue weighted by atomic mass is 28.4. The largest absolute Gasteiger partial charge is 0.543 e. The molecule has 0 aliphatic rings. The zero-order valence-corrected chi connectivity index (χ0v) is 13.7. The number of aryl methyl sites for hydroxylation is 1. The normalized spacial score (nSPS) is 12.1. The Labute approximate surface area is 121 Å². The fourth-order valence-corrected chi connectivity index (χ4v) is 2.59. The summed E-state index contributed by atoms with van der Waals surface area (Å²) in [5.41, 5.74) is 2.98. The van der Waals surface area contributed by atoms with Crippen LogP contribution in [0.3, 0.4) is 0 Å². The number of nitrogens with zero attached hydrogens (tertiary/aromatic N) is 3. The van der Waals surface area contributed by atoms with Gasteiger partial charge in [-0.05, 0) is 38.7 Å². The molecule has 2 rings (SSSR count). The van der Waals surface area contributed by atoms with E-state index < -0.39 is 8.32 Å². The first-order chi connectivity index (χ1) is 9.37. The molecule has 0 saturated carbocycles. The molecule has 2 aromatic rings. The lowest BCUT2D eigenvalue weighted by molar-refractivity contribution is 0.559. The quantitative estimate of drug-likeness (QED) is 0.635. The van der Waals surface area contributed by atoms with Crippen molar-refractivity contribution in [2.75, 3.05) is 0 Å². The van der Waals surface area contributed by atoms with Crippen LogP contribution in [0.2, 0.25) is 19.6 Å². The number of rotatable bonds is 4. The number of aromatic nitrogens is 2. The van der Waals surface area contributed by atoms with Gasteiger partial charge in [-0.2, -0.15) is 5.10 Å². The Bertz CT molecular complexity index is 626. The lowest BCUT2D eigenvalue weighted by atomic mass is 10.2. The van der Waals surface area contributed by atoms with E-state index in [4.69, 9.17) is 4.43 Å². The van der Waals surface area contributed by atoms with Crippen molar-refractivity contribution in [3.8, 4) is 5.75 Å². The van der Waals surface area contributed by atoms with E-state index in [0.29, 0.717) is 0 Å². The number of aliphatic imine (C=N–C) groups is 1. The van der Waals surface area contributed by atoms with E-state index in [0.717, 1.165) is 22.7 Å². The van der Waals surface area contributed by atoms with Crippen molar-refractivity contribution in [2.24, 2.45) is 12.0 Å². The van der Waals surface area contributed by atoms with E-state index in [9.17, 15) is 0 Å². The molecule has 0 atom stereocenters. The maximum Gasteiger partial charge on any atom is 0.242 e. The van der Waals surface area contributed by atoms with Crippen LogP contribution in [0, 0.1) is 6.92 Å². The van der Waals surface area contributed by atoms with Gasteiger partial charge in [0.1, 0.15) is 11.4 Å². The zero-order chi connectivity index (χ0) is 14.8. The molecule has 5 heteroatoms. The van der Waals surface area contributed by atoms with Crippen molar-refractivity contribution in [3.05, 3.63) is 41.7 Å². The van der Waals surface area contributed by atoms with E-state index in [-0.39, 0.29) is 0 Å². The van der Waals surface area contributed by atoms with Gasteiger partial charge in [0.15, 0.2) is 0 Å². The monoisotopic (exact) mass is 287 g/mol. The zero-order valence-electron chi connectivity index (χ0n) is 12.7. The van der Waals surface area contributed by atoms with Crippen molar-refractivity contribution < 1.29 is 4.43 Å². The van der Waals surface area contributed by atoms with E-state index in [1.54, 1.807) is 0 Å². The Morgan fingerprint density at radius 3 is 2.55 bits per heavy atom. The summed E-state index contributed by atoms with van der Waals surface area (Å²) in [5.74, 6) is 0.851. The fraction of sp³-hybridized carbons (Fsp3) is 0.333. The number of hydrogen-bond donors (Lipinski definition) is 0. The summed E-state index contributed by atoms with van der Waals surface area (Å²) >= 11 is 0. The Morgan fingerprint density at radius 2 is 1.95 bits per heavy atom. The molecule has 0 amide bonds. The van der Waals surface area contributed by atoms with Gasteiger partial charge in [-0.25, -0.2) is 0 Å². The Hall–Kier alpha value is -1.88. The number of hydrogen-bond acceptors (Lipinski definition) is 3. The van der Waals surface area contributed by atoms with Gasteiger partial charge in [-0.3, -0.25) is 9.67 Å². The van der Waals surface area contributed by atoms with Crippen LogP contribution in [0.5, 0.6) is 5.75 Å². The predicted octanol–water partition coefficient (Wildman–Crippen LogP) is 3.69. The Kier molecular flexibility index (Phi) is 4.08. The Morgan fingerprint density at radius 1 is 1.25 bits per heavy atom. The lowest BCUT2D eigenvalue weighted by Crippen LogP contribution is -2.29. The average molecular weight is 287 g/mol. The molecule has 1 aromatic heterocycles. The molecule has 1 aromatic carbocycles. The summed E-state index contributed by atoms with van der Waals surface area (Å²) in [6.45, 7) is 8.52. The van der Waals surface area contributed by atoms with Crippen molar-refractivity contribution in [1.82, 2.24) is 9.78 Å². The van der Waals surface area contributed by atoms with Crippen molar-refractivity contribution >= 4 is 20.2 Å². The second-order valence-corrected chi connectivity index (χ2v) is 10.2. The molecule has 0 fully saturated rings. The highest BCUT2D eigenvalue weighted by molar-refractivity contribution is 6.70. The molecule has 0 saturated heterocycles. The summed E-state index contributed by atoms with van der Waals surface area (Å²) in [6, 6.07) is 7.89. The summed E-state index contributed by atoms with van der Waals surface area (Å²) < 4.78 is 7.90. The topological polar surface area (TPSA) is 39.4 Å². The highest BCUT2D eigenvalue weighted by Gasteiger charge is 2.17. The molecule has 20 heavy (non-hydrogen) atoms. The van der Waals surface area contributed by atoms with Crippen LogP contribution < -0.4 is 4.43 Å². The molecule has 1 heterocycles.